The molecular formula is C15H15FN4O2. The average Bonchev–Trinajstić information content (AvgIpc) is 2.52. The lowest BCUT2D eigenvalue weighted by atomic mass is 10.2. The Bertz CT molecular complexity index is 741. The van der Waals surface area contributed by atoms with Crippen LogP contribution in [0, 0.1) is 5.82 Å². The molecule has 0 bridgehead atoms. The van der Waals surface area contributed by atoms with Gasteiger partial charge in [-0.05, 0) is 12.1 Å². The number of nitrogens with one attached hydrogen (secondary N) is 1. The molecule has 0 saturated heterocycles. The number of carbonyl (C=O) groups is 1. The molecule has 3 N–H and O–H groups in total. The fourth-order valence-electron chi connectivity index (χ4n) is 1.72. The molecule has 1 aromatic heterocycles. The highest BCUT2D eigenvalue weighted by molar-refractivity contribution is 5.94. The highest BCUT2D eigenvalue weighted by atomic mass is 19.1. The molecule has 6 nitrogen and oxygen atoms in total. The Morgan fingerprint density at radius 2 is 2.05 bits per heavy atom. The van der Waals surface area contributed by atoms with Crippen molar-refractivity contribution in [2.24, 2.45) is 0 Å². The first kappa shape index (κ1) is 15.4. The Kier molecular flexibility index (Phi) is 5.02. The van der Waals surface area contributed by atoms with Gasteiger partial charge in [0, 0.05) is 24.8 Å². The standard InChI is InChI=1S/C15H15FN4O2/c16-12-10-20(15(22)19-13(12)17)9-5-4-8-18-14(21)11-6-2-1-3-7-11/h1-7,10H,8-9H2,(H,18,21)(H2,17,19,22)/b5-4-. The number of hydrogen-bond acceptors (Lipinski definition) is 4. The lowest BCUT2D eigenvalue weighted by Gasteiger charge is -2.03. The second-order valence-corrected chi connectivity index (χ2v) is 4.46. The number of halogens is 1. The molecule has 22 heavy (non-hydrogen) atoms. The van der Waals surface area contributed by atoms with Gasteiger partial charge in [0.15, 0.2) is 11.6 Å². The molecule has 0 fully saturated rings. The van der Waals surface area contributed by atoms with E-state index in [2.05, 4.69) is 10.3 Å². The van der Waals surface area contributed by atoms with Crippen LogP contribution in [0.25, 0.3) is 0 Å². The summed E-state index contributed by atoms with van der Waals surface area (Å²) in [7, 11) is 0. The van der Waals surface area contributed by atoms with Crippen molar-refractivity contribution >= 4 is 11.7 Å². The maximum atomic E-state index is 13.2. The Balaban J connectivity index is 1.85. The third-order valence-corrected chi connectivity index (χ3v) is 2.86. The van der Waals surface area contributed by atoms with Gasteiger partial charge in [0.05, 0.1) is 0 Å². The van der Waals surface area contributed by atoms with Crippen LogP contribution in [0.3, 0.4) is 0 Å². The quantitative estimate of drug-likeness (QED) is 0.805. The summed E-state index contributed by atoms with van der Waals surface area (Å²) in [5.74, 6) is -1.35. The number of nitrogens with zero attached hydrogens (tertiary/aromatic N) is 2. The highest BCUT2D eigenvalue weighted by Crippen LogP contribution is 2.01. The van der Waals surface area contributed by atoms with Crippen molar-refractivity contribution in [3.63, 3.8) is 0 Å². The molecule has 0 aliphatic heterocycles. The van der Waals surface area contributed by atoms with E-state index in [9.17, 15) is 14.0 Å². The normalized spacial score (nSPS) is 10.8. The third-order valence-electron chi connectivity index (χ3n) is 2.86. The lowest BCUT2D eigenvalue weighted by Crippen LogP contribution is -2.25. The fourth-order valence-corrected chi connectivity index (χ4v) is 1.72. The summed E-state index contributed by atoms with van der Waals surface area (Å²) in [6.07, 6.45) is 4.29. The van der Waals surface area contributed by atoms with Crippen LogP contribution in [0.2, 0.25) is 0 Å². The summed E-state index contributed by atoms with van der Waals surface area (Å²) in [6.45, 7) is 0.442. The molecule has 0 saturated carbocycles. The molecule has 114 valence electrons. The van der Waals surface area contributed by atoms with E-state index in [-0.39, 0.29) is 12.5 Å². The Labute approximate surface area is 126 Å². The SMILES string of the molecule is Nc1nc(=O)n(C/C=C\CNC(=O)c2ccccc2)cc1F. The number of hydrogen-bond donors (Lipinski definition) is 2. The van der Waals surface area contributed by atoms with Gasteiger partial charge in [0.2, 0.25) is 0 Å². The maximum absolute atomic E-state index is 13.2. The van der Waals surface area contributed by atoms with Gasteiger partial charge in [-0.2, -0.15) is 4.98 Å². The first-order chi connectivity index (χ1) is 10.6. The zero-order valence-electron chi connectivity index (χ0n) is 11.7. The van der Waals surface area contributed by atoms with Crippen LogP contribution in [-0.4, -0.2) is 22.0 Å². The van der Waals surface area contributed by atoms with Gasteiger partial charge in [-0.1, -0.05) is 30.4 Å². The van der Waals surface area contributed by atoms with Gasteiger partial charge in [-0.3, -0.25) is 9.36 Å². The summed E-state index contributed by atoms with van der Waals surface area (Å²) < 4.78 is 14.3. The van der Waals surface area contributed by atoms with Crippen LogP contribution in [0.1, 0.15) is 10.4 Å². The van der Waals surface area contributed by atoms with E-state index in [1.165, 1.54) is 0 Å². The molecule has 1 amide bonds. The van der Waals surface area contributed by atoms with E-state index >= 15 is 0 Å². The number of nitrogen functional groups attached to an aromatic ring is 1. The number of carbonyl (C=O) groups excluding carboxylic acids is 1. The largest absolute Gasteiger partial charge is 0.381 e. The van der Waals surface area contributed by atoms with E-state index in [1.54, 1.807) is 36.4 Å². The number of anilines is 1. The smallest absolute Gasteiger partial charge is 0.349 e. The monoisotopic (exact) mass is 302 g/mol. The van der Waals surface area contributed by atoms with Crippen LogP contribution in [-0.2, 0) is 6.54 Å². The van der Waals surface area contributed by atoms with Gasteiger partial charge in [-0.15, -0.1) is 0 Å². The van der Waals surface area contributed by atoms with Crippen molar-refractivity contribution in [1.82, 2.24) is 14.9 Å². The molecule has 0 aliphatic rings. The molecule has 0 unspecified atom stereocenters. The second kappa shape index (κ2) is 7.16. The van der Waals surface area contributed by atoms with Crippen LogP contribution in [0.4, 0.5) is 10.2 Å². The molecule has 0 spiro atoms. The topological polar surface area (TPSA) is 90.0 Å². The first-order valence-corrected chi connectivity index (χ1v) is 6.58. The Morgan fingerprint density at radius 3 is 2.77 bits per heavy atom. The molecule has 0 aliphatic carbocycles. The average molecular weight is 302 g/mol. The van der Waals surface area contributed by atoms with Crippen molar-refractivity contribution in [2.45, 2.75) is 6.54 Å². The first-order valence-electron chi connectivity index (χ1n) is 6.58. The molecule has 1 heterocycles. The van der Waals surface area contributed by atoms with Crippen LogP contribution >= 0.6 is 0 Å². The number of amides is 1. The molecular weight excluding hydrogens is 287 g/mol. The van der Waals surface area contributed by atoms with Crippen molar-refractivity contribution in [3.05, 3.63) is 70.5 Å². The highest BCUT2D eigenvalue weighted by Gasteiger charge is 2.04. The van der Waals surface area contributed by atoms with E-state index in [0.717, 1.165) is 10.8 Å². The van der Waals surface area contributed by atoms with Crippen molar-refractivity contribution in [1.29, 1.82) is 0 Å². The Hall–Kier alpha value is -2.96. The molecule has 7 heteroatoms. The third kappa shape index (κ3) is 4.02. The van der Waals surface area contributed by atoms with Gasteiger partial charge >= 0.3 is 5.69 Å². The number of rotatable bonds is 5. The minimum atomic E-state index is -0.745. The predicted octanol–water partition coefficient (Wildman–Crippen LogP) is 0.951. The maximum Gasteiger partial charge on any atom is 0.349 e. The van der Waals surface area contributed by atoms with Crippen molar-refractivity contribution < 1.29 is 9.18 Å². The van der Waals surface area contributed by atoms with Gasteiger partial charge in [0.25, 0.3) is 5.91 Å². The molecule has 0 radical (unpaired) electrons. The van der Waals surface area contributed by atoms with Crippen LogP contribution in [0.15, 0.2) is 53.5 Å². The number of nitrogens with two attached hydrogens (primary N) is 1. The summed E-state index contributed by atoms with van der Waals surface area (Å²) >= 11 is 0. The summed E-state index contributed by atoms with van der Waals surface area (Å²) in [4.78, 5) is 26.5. The van der Waals surface area contributed by atoms with Gasteiger partial charge < -0.3 is 11.1 Å². The van der Waals surface area contributed by atoms with E-state index in [0.29, 0.717) is 12.1 Å². The summed E-state index contributed by atoms with van der Waals surface area (Å²) in [6, 6.07) is 8.80. The lowest BCUT2D eigenvalue weighted by molar-refractivity contribution is 0.0958. The van der Waals surface area contributed by atoms with Gasteiger partial charge in [0.1, 0.15) is 0 Å². The summed E-state index contributed by atoms with van der Waals surface area (Å²) in [5.41, 5.74) is 5.13. The van der Waals surface area contributed by atoms with Gasteiger partial charge in [-0.25, -0.2) is 9.18 Å². The zero-order valence-corrected chi connectivity index (χ0v) is 11.7. The van der Waals surface area contributed by atoms with E-state index in [1.807, 2.05) is 6.07 Å². The fraction of sp³-hybridized carbons (Fsp3) is 0.133. The molecule has 2 rings (SSSR count). The molecule has 1 aromatic carbocycles. The minimum absolute atomic E-state index is 0.143. The predicted molar refractivity (Wildman–Crippen MR) is 80.8 cm³/mol. The van der Waals surface area contributed by atoms with Crippen LogP contribution < -0.4 is 16.7 Å². The summed E-state index contributed by atoms with van der Waals surface area (Å²) in [5, 5.41) is 2.70. The van der Waals surface area contributed by atoms with Crippen molar-refractivity contribution in [2.75, 3.05) is 12.3 Å². The minimum Gasteiger partial charge on any atom is -0.381 e. The number of aromatic nitrogens is 2. The zero-order chi connectivity index (χ0) is 15.9. The second-order valence-electron chi connectivity index (χ2n) is 4.46. The van der Waals surface area contributed by atoms with E-state index < -0.39 is 17.3 Å². The van der Waals surface area contributed by atoms with Crippen molar-refractivity contribution in [3.8, 4) is 0 Å². The van der Waals surface area contributed by atoms with E-state index in [4.69, 9.17) is 5.73 Å². The number of benzene rings is 1. The molecule has 0 atom stereocenters. The van der Waals surface area contributed by atoms with Crippen LogP contribution in [0.5, 0.6) is 0 Å². The molecule has 2 aromatic rings. The number of allylic oxidation sites excluding steroid dienone is 1. The Morgan fingerprint density at radius 1 is 1.32 bits per heavy atom.